The summed E-state index contributed by atoms with van der Waals surface area (Å²) in [5.74, 6) is -0.373. The minimum Gasteiger partial charge on any atom is -0.308 e. The molecular formula is C15H9Cl2N3OS2. The Morgan fingerprint density at radius 2 is 1.91 bits per heavy atom. The van der Waals surface area contributed by atoms with Gasteiger partial charge < -0.3 is 5.32 Å². The van der Waals surface area contributed by atoms with Crippen LogP contribution in [-0.2, 0) is 0 Å². The van der Waals surface area contributed by atoms with E-state index in [-0.39, 0.29) is 11.0 Å². The number of fused-ring (bicyclic) bond motifs is 1. The zero-order valence-electron chi connectivity index (χ0n) is 11.5. The lowest BCUT2D eigenvalue weighted by molar-refractivity contribution is 0.0978. The van der Waals surface area contributed by atoms with E-state index in [0.717, 1.165) is 10.2 Å². The van der Waals surface area contributed by atoms with E-state index < -0.39 is 0 Å². The fourth-order valence-corrected chi connectivity index (χ4v) is 3.29. The van der Waals surface area contributed by atoms with Gasteiger partial charge in [-0.1, -0.05) is 46.7 Å². The molecule has 23 heavy (non-hydrogen) atoms. The van der Waals surface area contributed by atoms with Crippen LogP contribution in [0, 0.1) is 0 Å². The van der Waals surface area contributed by atoms with Gasteiger partial charge in [-0.25, -0.2) is 4.98 Å². The molecule has 1 amide bonds. The number of halogens is 2. The molecule has 0 saturated carbocycles. The van der Waals surface area contributed by atoms with E-state index in [1.807, 2.05) is 24.3 Å². The van der Waals surface area contributed by atoms with E-state index in [1.165, 1.54) is 17.4 Å². The Labute approximate surface area is 151 Å². The number of hydrogen-bond donors (Lipinski definition) is 2. The quantitative estimate of drug-likeness (QED) is 0.630. The first kappa shape index (κ1) is 16.1. The van der Waals surface area contributed by atoms with Crippen LogP contribution in [0.3, 0.4) is 0 Å². The average molecular weight is 382 g/mol. The van der Waals surface area contributed by atoms with Crippen molar-refractivity contribution in [2.45, 2.75) is 0 Å². The maximum atomic E-state index is 12.1. The number of hydrogen-bond acceptors (Lipinski definition) is 4. The van der Waals surface area contributed by atoms with E-state index in [0.29, 0.717) is 20.7 Å². The van der Waals surface area contributed by atoms with Crippen molar-refractivity contribution in [2.24, 2.45) is 0 Å². The number of rotatable bonds is 2. The minimum atomic E-state index is -0.373. The Balaban J connectivity index is 1.68. The number of thiocarbonyl (C=S) groups is 1. The van der Waals surface area contributed by atoms with Gasteiger partial charge in [0.1, 0.15) is 0 Å². The highest BCUT2D eigenvalue weighted by molar-refractivity contribution is 7.80. The Kier molecular flexibility index (Phi) is 4.77. The predicted molar refractivity (Wildman–Crippen MR) is 99.8 cm³/mol. The molecule has 8 heteroatoms. The van der Waals surface area contributed by atoms with Crippen molar-refractivity contribution in [3.8, 4) is 0 Å². The lowest BCUT2D eigenvalue weighted by Crippen LogP contribution is -2.34. The summed E-state index contributed by atoms with van der Waals surface area (Å²) in [6, 6.07) is 12.3. The van der Waals surface area contributed by atoms with Crippen molar-refractivity contribution in [3.63, 3.8) is 0 Å². The van der Waals surface area contributed by atoms with Crippen LogP contribution in [0.15, 0.2) is 42.5 Å². The van der Waals surface area contributed by atoms with Crippen molar-refractivity contribution in [2.75, 3.05) is 5.32 Å². The molecule has 0 bridgehead atoms. The lowest BCUT2D eigenvalue weighted by Gasteiger charge is -2.07. The van der Waals surface area contributed by atoms with E-state index in [9.17, 15) is 4.79 Å². The lowest BCUT2D eigenvalue weighted by atomic mass is 10.2. The molecule has 1 heterocycles. The van der Waals surface area contributed by atoms with Gasteiger partial charge >= 0.3 is 0 Å². The molecule has 0 fully saturated rings. The van der Waals surface area contributed by atoms with E-state index in [4.69, 9.17) is 35.4 Å². The van der Waals surface area contributed by atoms with Crippen molar-refractivity contribution in [3.05, 3.63) is 58.1 Å². The summed E-state index contributed by atoms with van der Waals surface area (Å²) in [5, 5.41) is 6.97. The van der Waals surface area contributed by atoms with Crippen LogP contribution in [-0.4, -0.2) is 16.0 Å². The molecule has 0 aliphatic heterocycles. The third-order valence-corrected chi connectivity index (χ3v) is 4.82. The highest BCUT2D eigenvalue weighted by atomic mass is 35.5. The van der Waals surface area contributed by atoms with Gasteiger partial charge in [-0.15, -0.1) is 0 Å². The van der Waals surface area contributed by atoms with Crippen molar-refractivity contribution >= 4 is 73.1 Å². The third-order valence-electron chi connectivity index (χ3n) is 2.92. The molecule has 0 spiro atoms. The SMILES string of the molecule is O=C(NC(=S)Nc1nc2ccccc2s1)c1ccc(Cl)c(Cl)c1. The minimum absolute atomic E-state index is 0.167. The second-order valence-electron chi connectivity index (χ2n) is 4.52. The molecular weight excluding hydrogens is 373 g/mol. The topological polar surface area (TPSA) is 54.0 Å². The van der Waals surface area contributed by atoms with Crippen molar-refractivity contribution < 1.29 is 4.79 Å². The van der Waals surface area contributed by atoms with Gasteiger partial charge in [0.25, 0.3) is 5.91 Å². The van der Waals surface area contributed by atoms with Gasteiger partial charge in [-0.2, -0.15) is 0 Å². The summed E-state index contributed by atoms with van der Waals surface area (Å²) in [6.45, 7) is 0. The van der Waals surface area contributed by atoms with Crippen LogP contribution < -0.4 is 10.6 Å². The third kappa shape index (κ3) is 3.79. The standard InChI is InChI=1S/C15H9Cl2N3OS2/c16-9-6-5-8(7-10(9)17)13(21)19-14(22)20-15-18-11-3-1-2-4-12(11)23-15/h1-7H,(H2,18,19,20,21,22). The van der Waals surface area contributed by atoms with Gasteiger partial charge in [0.2, 0.25) is 0 Å². The van der Waals surface area contributed by atoms with Crippen LogP contribution in [0.5, 0.6) is 0 Å². The normalized spacial score (nSPS) is 10.5. The van der Waals surface area contributed by atoms with Gasteiger partial charge in [0, 0.05) is 5.56 Å². The molecule has 3 rings (SSSR count). The van der Waals surface area contributed by atoms with Crippen LogP contribution in [0.4, 0.5) is 5.13 Å². The maximum absolute atomic E-state index is 12.1. The molecule has 0 aliphatic rings. The molecule has 0 atom stereocenters. The van der Waals surface area contributed by atoms with Crippen LogP contribution in [0.25, 0.3) is 10.2 Å². The first-order valence-electron chi connectivity index (χ1n) is 6.46. The van der Waals surface area contributed by atoms with Gasteiger partial charge in [-0.05, 0) is 42.5 Å². The molecule has 0 saturated heterocycles. The molecule has 1 aromatic heterocycles. The second kappa shape index (κ2) is 6.80. The maximum Gasteiger partial charge on any atom is 0.257 e. The first-order chi connectivity index (χ1) is 11.0. The summed E-state index contributed by atoms with van der Waals surface area (Å²) in [5.41, 5.74) is 1.24. The largest absolute Gasteiger partial charge is 0.308 e. The van der Waals surface area contributed by atoms with Crippen LogP contribution in [0.1, 0.15) is 10.4 Å². The monoisotopic (exact) mass is 381 g/mol. The number of aromatic nitrogens is 1. The van der Waals surface area contributed by atoms with Crippen molar-refractivity contribution in [1.29, 1.82) is 0 Å². The van der Waals surface area contributed by atoms with Crippen LogP contribution in [0.2, 0.25) is 10.0 Å². The zero-order valence-corrected chi connectivity index (χ0v) is 14.6. The van der Waals surface area contributed by atoms with Gasteiger partial charge in [0.15, 0.2) is 10.2 Å². The molecule has 3 aromatic rings. The van der Waals surface area contributed by atoms with Gasteiger partial charge in [-0.3, -0.25) is 10.1 Å². The number of amides is 1. The number of carbonyl (C=O) groups excluding carboxylic acids is 1. The summed E-state index contributed by atoms with van der Waals surface area (Å²) in [7, 11) is 0. The molecule has 4 nitrogen and oxygen atoms in total. The Hall–Kier alpha value is -1.73. The number of benzene rings is 2. The number of carbonyl (C=O) groups is 1. The highest BCUT2D eigenvalue weighted by Gasteiger charge is 2.11. The first-order valence-corrected chi connectivity index (χ1v) is 8.44. The highest BCUT2D eigenvalue weighted by Crippen LogP contribution is 2.25. The number of para-hydroxylation sites is 1. The summed E-state index contributed by atoms with van der Waals surface area (Å²) >= 11 is 18.3. The Bertz CT molecular complexity index is 878. The molecule has 2 N–H and O–H groups in total. The molecule has 0 aliphatic carbocycles. The number of anilines is 1. The average Bonchev–Trinajstić information content (AvgIpc) is 2.91. The predicted octanol–water partition coefficient (Wildman–Crippen LogP) is 4.73. The van der Waals surface area contributed by atoms with E-state index in [2.05, 4.69) is 15.6 Å². The summed E-state index contributed by atoms with van der Waals surface area (Å²) < 4.78 is 1.04. The molecule has 0 radical (unpaired) electrons. The fourth-order valence-electron chi connectivity index (χ4n) is 1.87. The molecule has 0 unspecified atom stereocenters. The number of thiazole rings is 1. The zero-order chi connectivity index (χ0) is 16.4. The van der Waals surface area contributed by atoms with Crippen molar-refractivity contribution in [1.82, 2.24) is 10.3 Å². The summed E-state index contributed by atoms with van der Waals surface area (Å²) in [4.78, 5) is 16.5. The van der Waals surface area contributed by atoms with E-state index in [1.54, 1.807) is 12.1 Å². The van der Waals surface area contributed by atoms with Gasteiger partial charge in [0.05, 0.1) is 20.3 Å². The molecule has 2 aromatic carbocycles. The fraction of sp³-hybridized carbons (Fsp3) is 0. The van der Waals surface area contributed by atoms with Crippen LogP contribution >= 0.6 is 46.8 Å². The number of nitrogens with zero attached hydrogens (tertiary/aromatic N) is 1. The smallest absolute Gasteiger partial charge is 0.257 e. The summed E-state index contributed by atoms with van der Waals surface area (Å²) in [6.07, 6.45) is 0. The van der Waals surface area contributed by atoms with E-state index >= 15 is 0 Å². The Morgan fingerprint density at radius 1 is 1.13 bits per heavy atom. The number of nitrogens with one attached hydrogen (secondary N) is 2. The second-order valence-corrected chi connectivity index (χ2v) is 6.78. The molecule has 116 valence electrons. The Morgan fingerprint density at radius 3 is 2.65 bits per heavy atom.